The minimum atomic E-state index is -0.676. The molecule has 0 aliphatic carbocycles. The lowest BCUT2D eigenvalue weighted by molar-refractivity contribution is 0.210. The van der Waals surface area contributed by atoms with E-state index in [0.29, 0.717) is 5.75 Å². The van der Waals surface area contributed by atoms with Crippen molar-refractivity contribution in [2.75, 3.05) is 7.11 Å². The number of aliphatic hydroxyl groups excluding tert-OH is 1. The molecule has 1 unspecified atom stereocenters. The first-order valence-electron chi connectivity index (χ1n) is 5.18. The second-order valence-corrected chi connectivity index (χ2v) is 3.77. The predicted molar refractivity (Wildman–Crippen MR) is 62.6 cm³/mol. The zero-order valence-corrected chi connectivity index (χ0v) is 9.40. The zero-order chi connectivity index (χ0) is 11.5. The van der Waals surface area contributed by atoms with Gasteiger partial charge in [0.25, 0.3) is 0 Å². The minimum absolute atomic E-state index is 0.676. The number of ether oxygens (including phenoxy) is 1. The van der Waals surface area contributed by atoms with Crippen LogP contribution < -0.4 is 4.74 Å². The van der Waals surface area contributed by atoms with Crippen LogP contribution in [0.1, 0.15) is 22.9 Å². The van der Waals surface area contributed by atoms with E-state index in [-0.39, 0.29) is 0 Å². The third kappa shape index (κ3) is 1.95. The summed E-state index contributed by atoms with van der Waals surface area (Å²) < 4.78 is 5.25. The van der Waals surface area contributed by atoms with Crippen molar-refractivity contribution in [3.63, 3.8) is 0 Å². The largest absolute Gasteiger partial charge is 0.496 e. The highest BCUT2D eigenvalue weighted by atomic mass is 16.5. The number of hydrogen-bond acceptors (Lipinski definition) is 2. The Morgan fingerprint density at radius 2 is 2.12 bits per heavy atom. The van der Waals surface area contributed by atoms with E-state index >= 15 is 0 Å². The summed E-state index contributed by atoms with van der Waals surface area (Å²) in [5.74, 6) is 0.702. The SMILES string of the molecule is COc1ccc(C)cc1C(O)c1ccc[nH]1. The molecule has 0 saturated heterocycles. The summed E-state index contributed by atoms with van der Waals surface area (Å²) in [4.78, 5) is 3.00. The molecule has 2 aromatic rings. The minimum Gasteiger partial charge on any atom is -0.496 e. The third-order valence-electron chi connectivity index (χ3n) is 2.60. The van der Waals surface area contributed by atoms with Crippen molar-refractivity contribution < 1.29 is 9.84 Å². The van der Waals surface area contributed by atoms with Gasteiger partial charge in [-0.25, -0.2) is 0 Å². The normalized spacial score (nSPS) is 12.4. The number of aryl methyl sites for hydroxylation is 1. The quantitative estimate of drug-likeness (QED) is 0.829. The molecule has 0 saturated carbocycles. The molecule has 0 fully saturated rings. The first-order valence-corrected chi connectivity index (χ1v) is 5.18. The third-order valence-corrected chi connectivity index (χ3v) is 2.60. The van der Waals surface area contributed by atoms with Crippen molar-refractivity contribution in [3.05, 3.63) is 53.3 Å². The smallest absolute Gasteiger partial charge is 0.125 e. The number of aliphatic hydroxyl groups is 1. The van der Waals surface area contributed by atoms with Crippen LogP contribution in [0.5, 0.6) is 5.75 Å². The molecule has 1 atom stereocenters. The van der Waals surface area contributed by atoms with E-state index in [2.05, 4.69) is 4.98 Å². The first-order chi connectivity index (χ1) is 7.72. The van der Waals surface area contributed by atoms with Gasteiger partial charge in [0.15, 0.2) is 0 Å². The first kappa shape index (κ1) is 10.8. The molecule has 0 spiro atoms. The Balaban J connectivity index is 2.42. The molecule has 1 heterocycles. The molecular formula is C13H15NO2. The van der Waals surface area contributed by atoms with Crippen LogP contribution in [0.4, 0.5) is 0 Å². The number of benzene rings is 1. The summed E-state index contributed by atoms with van der Waals surface area (Å²) in [6, 6.07) is 9.48. The van der Waals surface area contributed by atoms with E-state index in [4.69, 9.17) is 4.74 Å². The molecule has 0 amide bonds. The number of aromatic amines is 1. The van der Waals surface area contributed by atoms with Crippen LogP contribution in [-0.4, -0.2) is 17.2 Å². The van der Waals surface area contributed by atoms with Gasteiger partial charge in [-0.2, -0.15) is 0 Å². The number of aromatic nitrogens is 1. The van der Waals surface area contributed by atoms with Gasteiger partial charge in [-0.1, -0.05) is 11.6 Å². The summed E-state index contributed by atoms with van der Waals surface area (Å²) in [6.45, 7) is 1.99. The van der Waals surface area contributed by atoms with E-state index in [9.17, 15) is 5.11 Å². The highest BCUT2D eigenvalue weighted by Gasteiger charge is 2.15. The number of H-pyrrole nitrogens is 1. The average molecular weight is 217 g/mol. The highest BCUT2D eigenvalue weighted by Crippen LogP contribution is 2.29. The lowest BCUT2D eigenvalue weighted by atomic mass is 10.0. The zero-order valence-electron chi connectivity index (χ0n) is 9.40. The molecular weight excluding hydrogens is 202 g/mol. The second kappa shape index (κ2) is 4.41. The number of methoxy groups -OCH3 is 1. The molecule has 0 aliphatic rings. The van der Waals surface area contributed by atoms with Gasteiger partial charge in [-0.15, -0.1) is 0 Å². The van der Waals surface area contributed by atoms with Gasteiger partial charge in [0, 0.05) is 17.5 Å². The van der Waals surface area contributed by atoms with Crippen molar-refractivity contribution in [2.45, 2.75) is 13.0 Å². The Labute approximate surface area is 94.7 Å². The van der Waals surface area contributed by atoms with Crippen LogP contribution in [0.25, 0.3) is 0 Å². The summed E-state index contributed by atoms with van der Waals surface area (Å²) in [5.41, 5.74) is 2.65. The fourth-order valence-corrected chi connectivity index (χ4v) is 1.75. The fourth-order valence-electron chi connectivity index (χ4n) is 1.75. The van der Waals surface area contributed by atoms with Crippen molar-refractivity contribution in [2.24, 2.45) is 0 Å². The average Bonchev–Trinajstić information content (AvgIpc) is 2.81. The summed E-state index contributed by atoms with van der Waals surface area (Å²) in [6.07, 6.45) is 1.12. The summed E-state index contributed by atoms with van der Waals surface area (Å²) >= 11 is 0. The molecule has 3 nitrogen and oxygen atoms in total. The highest BCUT2D eigenvalue weighted by molar-refractivity contribution is 5.41. The van der Waals surface area contributed by atoms with Crippen molar-refractivity contribution in [1.82, 2.24) is 4.98 Å². The van der Waals surface area contributed by atoms with Gasteiger partial charge in [-0.3, -0.25) is 0 Å². The van der Waals surface area contributed by atoms with Crippen LogP contribution in [0.3, 0.4) is 0 Å². The van der Waals surface area contributed by atoms with Crippen LogP contribution in [0, 0.1) is 6.92 Å². The molecule has 0 bridgehead atoms. The van der Waals surface area contributed by atoms with Gasteiger partial charge in [0.1, 0.15) is 11.9 Å². The Hall–Kier alpha value is -1.74. The van der Waals surface area contributed by atoms with Gasteiger partial charge in [0.2, 0.25) is 0 Å². The standard InChI is InChI=1S/C13H15NO2/c1-9-5-6-12(16-2)10(8-9)13(15)11-4-3-7-14-11/h3-8,13-15H,1-2H3. The van der Waals surface area contributed by atoms with Crippen LogP contribution in [-0.2, 0) is 0 Å². The molecule has 3 heteroatoms. The van der Waals surface area contributed by atoms with Crippen molar-refractivity contribution in [1.29, 1.82) is 0 Å². The second-order valence-electron chi connectivity index (χ2n) is 3.77. The molecule has 84 valence electrons. The van der Waals surface area contributed by atoms with Crippen molar-refractivity contribution in [3.8, 4) is 5.75 Å². The lowest BCUT2D eigenvalue weighted by Gasteiger charge is -2.14. The molecule has 1 aromatic carbocycles. The van der Waals surface area contributed by atoms with Gasteiger partial charge in [0.05, 0.1) is 7.11 Å². The van der Waals surface area contributed by atoms with Gasteiger partial charge < -0.3 is 14.8 Å². The molecule has 2 N–H and O–H groups in total. The molecule has 0 aliphatic heterocycles. The van der Waals surface area contributed by atoms with Gasteiger partial charge >= 0.3 is 0 Å². The Kier molecular flexibility index (Phi) is 2.97. The maximum atomic E-state index is 10.2. The monoisotopic (exact) mass is 217 g/mol. The van der Waals surface area contributed by atoms with Crippen molar-refractivity contribution >= 4 is 0 Å². The molecule has 16 heavy (non-hydrogen) atoms. The Bertz CT molecular complexity index is 463. The maximum Gasteiger partial charge on any atom is 0.125 e. The van der Waals surface area contributed by atoms with E-state index < -0.39 is 6.10 Å². The van der Waals surface area contributed by atoms with E-state index in [1.165, 1.54) is 0 Å². The van der Waals surface area contributed by atoms with Crippen LogP contribution in [0.2, 0.25) is 0 Å². The maximum absolute atomic E-state index is 10.2. The van der Waals surface area contributed by atoms with E-state index in [1.807, 2.05) is 37.3 Å². The lowest BCUT2D eigenvalue weighted by Crippen LogP contribution is -2.03. The Morgan fingerprint density at radius 1 is 1.31 bits per heavy atom. The molecule has 2 rings (SSSR count). The number of rotatable bonds is 3. The predicted octanol–water partition coefficient (Wildman–Crippen LogP) is 2.41. The van der Waals surface area contributed by atoms with Crippen LogP contribution in [0.15, 0.2) is 36.5 Å². The van der Waals surface area contributed by atoms with E-state index in [0.717, 1.165) is 16.8 Å². The van der Waals surface area contributed by atoms with Crippen LogP contribution >= 0.6 is 0 Å². The fraction of sp³-hybridized carbons (Fsp3) is 0.231. The summed E-state index contributed by atoms with van der Waals surface area (Å²) in [5, 5.41) is 10.2. The van der Waals surface area contributed by atoms with Gasteiger partial charge in [-0.05, 0) is 31.2 Å². The Morgan fingerprint density at radius 3 is 2.75 bits per heavy atom. The summed E-state index contributed by atoms with van der Waals surface area (Å²) in [7, 11) is 1.61. The molecule has 0 radical (unpaired) electrons. The topological polar surface area (TPSA) is 45.2 Å². The number of nitrogens with one attached hydrogen (secondary N) is 1. The number of hydrogen-bond donors (Lipinski definition) is 2. The molecule has 1 aromatic heterocycles. The van der Waals surface area contributed by atoms with E-state index in [1.54, 1.807) is 13.3 Å².